The highest BCUT2D eigenvalue weighted by Crippen LogP contribution is 2.23. The van der Waals surface area contributed by atoms with Crippen molar-refractivity contribution in [1.29, 1.82) is 0 Å². The predicted octanol–water partition coefficient (Wildman–Crippen LogP) is 2.86. The molecule has 0 spiro atoms. The fourth-order valence-corrected chi connectivity index (χ4v) is 1.85. The van der Waals surface area contributed by atoms with E-state index in [2.05, 4.69) is 62.0 Å². The maximum Gasteiger partial charge on any atom is 0.0728 e. The predicted molar refractivity (Wildman–Crippen MR) is 65.1 cm³/mol. The third-order valence-corrected chi connectivity index (χ3v) is 4.27. The van der Waals surface area contributed by atoms with Gasteiger partial charge in [-0.2, -0.15) is 0 Å². The number of hydrogen-bond donors (Lipinski definition) is 1. The van der Waals surface area contributed by atoms with Gasteiger partial charge in [0.2, 0.25) is 0 Å². The van der Waals surface area contributed by atoms with Gasteiger partial charge in [-0.15, -0.1) is 0 Å². The second-order valence-corrected chi connectivity index (χ2v) is 5.02. The Morgan fingerprint density at radius 2 is 2.23 bits per heavy atom. The molecule has 1 fully saturated rings. The van der Waals surface area contributed by atoms with Gasteiger partial charge >= 0.3 is 0 Å². The van der Waals surface area contributed by atoms with E-state index in [1.165, 1.54) is 3.57 Å². The van der Waals surface area contributed by atoms with Crippen molar-refractivity contribution >= 4 is 44.2 Å². The maximum atomic E-state index is 5.09. The number of halogens is 2. The SMILES string of the molecule is Brc1cc(NC2COC2)ccc1I. The molecule has 0 saturated carbocycles. The van der Waals surface area contributed by atoms with E-state index in [1.54, 1.807) is 0 Å². The lowest BCUT2D eigenvalue weighted by atomic mass is 10.2. The van der Waals surface area contributed by atoms with Gasteiger partial charge in [0.1, 0.15) is 0 Å². The lowest BCUT2D eigenvalue weighted by Crippen LogP contribution is -2.40. The van der Waals surface area contributed by atoms with E-state index in [0.29, 0.717) is 6.04 Å². The van der Waals surface area contributed by atoms with Crippen LogP contribution >= 0.6 is 38.5 Å². The molecule has 0 bridgehead atoms. The van der Waals surface area contributed by atoms with E-state index < -0.39 is 0 Å². The van der Waals surface area contributed by atoms with Crippen molar-refractivity contribution in [2.45, 2.75) is 6.04 Å². The topological polar surface area (TPSA) is 21.3 Å². The summed E-state index contributed by atoms with van der Waals surface area (Å²) in [5.74, 6) is 0. The van der Waals surface area contributed by atoms with E-state index >= 15 is 0 Å². The van der Waals surface area contributed by atoms with E-state index in [1.807, 2.05) is 0 Å². The van der Waals surface area contributed by atoms with Crippen LogP contribution in [0.5, 0.6) is 0 Å². The van der Waals surface area contributed by atoms with Crippen molar-refractivity contribution in [3.8, 4) is 0 Å². The average Bonchev–Trinajstić information content (AvgIpc) is 2.04. The molecule has 0 unspecified atom stereocenters. The molecule has 0 radical (unpaired) electrons. The maximum absolute atomic E-state index is 5.09. The average molecular weight is 354 g/mol. The van der Waals surface area contributed by atoms with Gasteiger partial charge < -0.3 is 10.1 Å². The Hall–Kier alpha value is 0.190. The second-order valence-electron chi connectivity index (χ2n) is 3.01. The fraction of sp³-hybridized carbons (Fsp3) is 0.333. The molecule has 4 heteroatoms. The van der Waals surface area contributed by atoms with Crippen molar-refractivity contribution < 1.29 is 4.74 Å². The molecule has 2 nitrogen and oxygen atoms in total. The van der Waals surface area contributed by atoms with E-state index in [0.717, 1.165) is 23.4 Å². The molecule has 1 aliphatic heterocycles. The number of ether oxygens (including phenoxy) is 1. The van der Waals surface area contributed by atoms with Crippen LogP contribution in [0.2, 0.25) is 0 Å². The Balaban J connectivity index is 2.07. The van der Waals surface area contributed by atoms with E-state index in [9.17, 15) is 0 Å². The highest BCUT2D eigenvalue weighted by molar-refractivity contribution is 14.1. The first kappa shape index (κ1) is 9.73. The molecular weight excluding hydrogens is 345 g/mol. The van der Waals surface area contributed by atoms with Crippen LogP contribution in [0, 0.1) is 3.57 Å². The Kier molecular flexibility index (Phi) is 3.10. The zero-order valence-corrected chi connectivity index (χ0v) is 10.6. The fourth-order valence-electron chi connectivity index (χ4n) is 1.14. The van der Waals surface area contributed by atoms with Crippen molar-refractivity contribution in [3.63, 3.8) is 0 Å². The van der Waals surface area contributed by atoms with Crippen molar-refractivity contribution in [3.05, 3.63) is 26.2 Å². The van der Waals surface area contributed by atoms with Gasteiger partial charge in [0.25, 0.3) is 0 Å². The highest BCUT2D eigenvalue weighted by atomic mass is 127. The molecule has 1 heterocycles. The van der Waals surface area contributed by atoms with Crippen LogP contribution in [-0.2, 0) is 4.74 Å². The molecule has 1 aromatic rings. The Morgan fingerprint density at radius 1 is 1.46 bits per heavy atom. The molecule has 0 amide bonds. The van der Waals surface area contributed by atoms with Crippen LogP contribution in [-0.4, -0.2) is 19.3 Å². The minimum atomic E-state index is 0.493. The Bertz CT molecular complexity index is 314. The molecule has 2 rings (SSSR count). The van der Waals surface area contributed by atoms with Gasteiger partial charge in [-0.25, -0.2) is 0 Å². The molecule has 1 N–H and O–H groups in total. The molecule has 0 aromatic heterocycles. The van der Waals surface area contributed by atoms with E-state index in [4.69, 9.17) is 4.74 Å². The molecule has 0 aliphatic carbocycles. The number of nitrogens with one attached hydrogen (secondary N) is 1. The number of hydrogen-bond acceptors (Lipinski definition) is 2. The molecular formula is C9H9BrINO. The summed E-state index contributed by atoms with van der Waals surface area (Å²) in [5.41, 5.74) is 1.15. The molecule has 70 valence electrons. The largest absolute Gasteiger partial charge is 0.378 e. The molecule has 1 aliphatic rings. The first-order valence-electron chi connectivity index (χ1n) is 4.05. The van der Waals surface area contributed by atoms with Crippen LogP contribution < -0.4 is 5.32 Å². The van der Waals surface area contributed by atoms with E-state index in [-0.39, 0.29) is 0 Å². The summed E-state index contributed by atoms with van der Waals surface area (Å²) in [6.45, 7) is 1.65. The van der Waals surface area contributed by atoms with Crippen LogP contribution in [0.3, 0.4) is 0 Å². The lowest BCUT2D eigenvalue weighted by Gasteiger charge is -2.27. The number of benzene rings is 1. The summed E-state index contributed by atoms with van der Waals surface area (Å²) in [6.07, 6.45) is 0. The number of rotatable bonds is 2. The van der Waals surface area contributed by atoms with Gasteiger partial charge in [0.05, 0.1) is 19.3 Å². The molecule has 13 heavy (non-hydrogen) atoms. The quantitative estimate of drug-likeness (QED) is 0.825. The highest BCUT2D eigenvalue weighted by Gasteiger charge is 2.17. The normalized spacial score (nSPS) is 16.8. The zero-order chi connectivity index (χ0) is 9.26. The number of anilines is 1. The third-order valence-electron chi connectivity index (χ3n) is 1.93. The summed E-state index contributed by atoms with van der Waals surface area (Å²) in [6, 6.07) is 6.77. The van der Waals surface area contributed by atoms with Gasteiger partial charge in [-0.05, 0) is 56.7 Å². The monoisotopic (exact) mass is 353 g/mol. The summed E-state index contributed by atoms with van der Waals surface area (Å²) < 4.78 is 7.45. The van der Waals surface area contributed by atoms with Crippen molar-refractivity contribution in [2.24, 2.45) is 0 Å². The van der Waals surface area contributed by atoms with Crippen LogP contribution in [0.15, 0.2) is 22.7 Å². The summed E-state index contributed by atoms with van der Waals surface area (Å²) in [7, 11) is 0. The van der Waals surface area contributed by atoms with Crippen molar-refractivity contribution in [1.82, 2.24) is 0 Å². The molecule has 1 aromatic carbocycles. The molecule has 1 saturated heterocycles. The standard InChI is InChI=1S/C9H9BrINO/c10-8-3-6(1-2-9(8)11)12-7-4-13-5-7/h1-3,7,12H,4-5H2. The third kappa shape index (κ3) is 2.35. The first-order valence-corrected chi connectivity index (χ1v) is 5.92. The Morgan fingerprint density at radius 3 is 2.77 bits per heavy atom. The zero-order valence-electron chi connectivity index (χ0n) is 6.89. The first-order chi connectivity index (χ1) is 6.25. The van der Waals surface area contributed by atoms with Gasteiger partial charge in [-0.3, -0.25) is 0 Å². The van der Waals surface area contributed by atoms with Gasteiger partial charge in [0.15, 0.2) is 0 Å². The van der Waals surface area contributed by atoms with Crippen molar-refractivity contribution in [2.75, 3.05) is 18.5 Å². The van der Waals surface area contributed by atoms with Gasteiger partial charge in [0, 0.05) is 13.7 Å². The van der Waals surface area contributed by atoms with Crippen LogP contribution in [0.4, 0.5) is 5.69 Å². The van der Waals surface area contributed by atoms with Crippen LogP contribution in [0.25, 0.3) is 0 Å². The summed E-state index contributed by atoms with van der Waals surface area (Å²) in [5, 5.41) is 3.39. The Labute approximate surface area is 99.3 Å². The lowest BCUT2D eigenvalue weighted by molar-refractivity contribution is 0.0211. The second kappa shape index (κ2) is 4.14. The van der Waals surface area contributed by atoms with Crippen LogP contribution in [0.1, 0.15) is 0 Å². The minimum Gasteiger partial charge on any atom is -0.378 e. The molecule has 0 atom stereocenters. The summed E-state index contributed by atoms with van der Waals surface area (Å²) >= 11 is 5.80. The minimum absolute atomic E-state index is 0.493. The smallest absolute Gasteiger partial charge is 0.0728 e. The summed E-state index contributed by atoms with van der Waals surface area (Å²) in [4.78, 5) is 0. The van der Waals surface area contributed by atoms with Gasteiger partial charge in [-0.1, -0.05) is 0 Å².